The highest BCUT2D eigenvalue weighted by molar-refractivity contribution is 5.43. The molecular formula is C13H19N3O3. The molecule has 1 aliphatic carbocycles. The molecule has 2 fully saturated rings. The van der Waals surface area contributed by atoms with Gasteiger partial charge in [-0.25, -0.2) is 4.68 Å². The molecule has 1 saturated carbocycles. The summed E-state index contributed by atoms with van der Waals surface area (Å²) >= 11 is 0. The third kappa shape index (κ3) is 2.50. The van der Waals surface area contributed by atoms with Gasteiger partial charge in [0.15, 0.2) is 0 Å². The molecule has 1 saturated heterocycles. The molecule has 1 aromatic heterocycles. The maximum absolute atomic E-state index is 12.1. The predicted octanol–water partition coefficient (Wildman–Crippen LogP) is 0.166. The number of aliphatic hydroxyl groups excluding tert-OH is 1. The number of aliphatic hydroxyl groups is 1. The van der Waals surface area contributed by atoms with E-state index in [1.54, 1.807) is 12.3 Å². The van der Waals surface area contributed by atoms with Crippen LogP contribution in [0.2, 0.25) is 0 Å². The molecule has 104 valence electrons. The SMILES string of the molecule is O=c1cc(N2CCOCC2)cnn1[C@H]1CCC[C@@H]1O. The predicted molar refractivity (Wildman–Crippen MR) is 70.4 cm³/mol. The summed E-state index contributed by atoms with van der Waals surface area (Å²) < 4.78 is 6.72. The van der Waals surface area contributed by atoms with E-state index in [1.807, 2.05) is 0 Å². The lowest BCUT2D eigenvalue weighted by Gasteiger charge is -2.28. The van der Waals surface area contributed by atoms with Crippen LogP contribution in [0.15, 0.2) is 17.1 Å². The molecule has 6 heteroatoms. The Kier molecular flexibility index (Phi) is 3.52. The fourth-order valence-electron chi connectivity index (χ4n) is 2.86. The highest BCUT2D eigenvalue weighted by atomic mass is 16.5. The molecule has 1 aromatic rings. The third-order valence-corrected chi connectivity index (χ3v) is 3.95. The monoisotopic (exact) mass is 265 g/mol. The van der Waals surface area contributed by atoms with Crippen molar-refractivity contribution in [2.45, 2.75) is 31.4 Å². The summed E-state index contributed by atoms with van der Waals surface area (Å²) in [4.78, 5) is 14.3. The van der Waals surface area contributed by atoms with E-state index in [2.05, 4.69) is 10.00 Å². The fraction of sp³-hybridized carbons (Fsp3) is 0.692. The van der Waals surface area contributed by atoms with Crippen LogP contribution in [-0.2, 0) is 4.74 Å². The molecule has 0 radical (unpaired) electrons. The van der Waals surface area contributed by atoms with Gasteiger partial charge in [0.25, 0.3) is 5.56 Å². The molecule has 2 aliphatic rings. The summed E-state index contributed by atoms with van der Waals surface area (Å²) in [5.74, 6) is 0. The Morgan fingerprint density at radius 2 is 2.11 bits per heavy atom. The van der Waals surface area contributed by atoms with E-state index < -0.39 is 6.10 Å². The Morgan fingerprint density at radius 1 is 1.32 bits per heavy atom. The molecule has 3 rings (SSSR count). The van der Waals surface area contributed by atoms with E-state index in [1.165, 1.54) is 4.68 Å². The Bertz CT molecular complexity index is 496. The van der Waals surface area contributed by atoms with E-state index in [0.29, 0.717) is 13.2 Å². The summed E-state index contributed by atoms with van der Waals surface area (Å²) in [6.07, 6.45) is 3.80. The number of aromatic nitrogens is 2. The Hall–Kier alpha value is -1.40. The van der Waals surface area contributed by atoms with Crippen molar-refractivity contribution in [3.05, 3.63) is 22.6 Å². The smallest absolute Gasteiger partial charge is 0.269 e. The molecule has 1 N–H and O–H groups in total. The summed E-state index contributed by atoms with van der Waals surface area (Å²) in [6.45, 7) is 2.95. The van der Waals surface area contributed by atoms with Gasteiger partial charge in [-0.05, 0) is 19.3 Å². The number of morpholine rings is 1. The lowest BCUT2D eigenvalue weighted by molar-refractivity contribution is 0.122. The normalized spacial score (nSPS) is 27.7. The minimum Gasteiger partial charge on any atom is -0.391 e. The van der Waals surface area contributed by atoms with Gasteiger partial charge < -0.3 is 14.7 Å². The first-order valence-corrected chi connectivity index (χ1v) is 6.85. The molecule has 2 atom stereocenters. The Morgan fingerprint density at radius 3 is 2.74 bits per heavy atom. The van der Waals surface area contributed by atoms with Gasteiger partial charge in [0.05, 0.1) is 37.2 Å². The largest absolute Gasteiger partial charge is 0.391 e. The maximum Gasteiger partial charge on any atom is 0.269 e. The maximum atomic E-state index is 12.1. The van der Waals surface area contributed by atoms with E-state index in [0.717, 1.165) is 38.0 Å². The van der Waals surface area contributed by atoms with Crippen LogP contribution in [0.3, 0.4) is 0 Å². The van der Waals surface area contributed by atoms with Crippen LogP contribution >= 0.6 is 0 Å². The van der Waals surface area contributed by atoms with Crippen molar-refractivity contribution in [2.75, 3.05) is 31.2 Å². The standard InChI is InChI=1S/C13H19N3O3/c17-12-3-1-2-11(12)16-13(18)8-10(9-14-16)15-4-6-19-7-5-15/h8-9,11-12,17H,1-7H2/t11-,12-/m0/s1. The Balaban J connectivity index is 1.83. The van der Waals surface area contributed by atoms with Gasteiger partial charge in [-0.15, -0.1) is 0 Å². The molecule has 0 spiro atoms. The van der Waals surface area contributed by atoms with Crippen molar-refractivity contribution in [1.29, 1.82) is 0 Å². The van der Waals surface area contributed by atoms with Gasteiger partial charge >= 0.3 is 0 Å². The van der Waals surface area contributed by atoms with Crippen LogP contribution < -0.4 is 10.5 Å². The fourth-order valence-corrected chi connectivity index (χ4v) is 2.86. The van der Waals surface area contributed by atoms with E-state index in [4.69, 9.17) is 4.74 Å². The second kappa shape index (κ2) is 5.30. The summed E-state index contributed by atoms with van der Waals surface area (Å²) in [5, 5.41) is 14.1. The zero-order chi connectivity index (χ0) is 13.2. The second-order valence-corrected chi connectivity index (χ2v) is 5.16. The van der Waals surface area contributed by atoms with Crippen molar-refractivity contribution in [3.63, 3.8) is 0 Å². The molecule has 0 amide bonds. The minimum absolute atomic E-state index is 0.130. The first-order valence-electron chi connectivity index (χ1n) is 6.85. The van der Waals surface area contributed by atoms with Gasteiger partial charge in [-0.2, -0.15) is 5.10 Å². The third-order valence-electron chi connectivity index (χ3n) is 3.95. The number of rotatable bonds is 2. The number of hydrogen-bond donors (Lipinski definition) is 1. The van der Waals surface area contributed by atoms with Gasteiger partial charge in [0, 0.05) is 19.2 Å². The highest BCUT2D eigenvalue weighted by Gasteiger charge is 2.28. The molecule has 1 aliphatic heterocycles. The van der Waals surface area contributed by atoms with Crippen molar-refractivity contribution < 1.29 is 9.84 Å². The van der Waals surface area contributed by atoms with Crippen LogP contribution in [0.4, 0.5) is 5.69 Å². The van der Waals surface area contributed by atoms with Crippen molar-refractivity contribution >= 4 is 5.69 Å². The lowest BCUT2D eigenvalue weighted by atomic mass is 10.2. The topological polar surface area (TPSA) is 67.6 Å². The summed E-state index contributed by atoms with van der Waals surface area (Å²) in [6, 6.07) is 1.45. The summed E-state index contributed by atoms with van der Waals surface area (Å²) in [7, 11) is 0. The lowest BCUT2D eigenvalue weighted by Crippen LogP contribution is -2.38. The Labute approximate surface area is 111 Å². The van der Waals surface area contributed by atoms with Crippen LogP contribution in [0.1, 0.15) is 25.3 Å². The van der Waals surface area contributed by atoms with Gasteiger partial charge in [0.1, 0.15) is 0 Å². The molecule has 0 bridgehead atoms. The average Bonchev–Trinajstić information content (AvgIpc) is 2.86. The van der Waals surface area contributed by atoms with Gasteiger partial charge in [0.2, 0.25) is 0 Å². The molecule has 6 nitrogen and oxygen atoms in total. The van der Waals surface area contributed by atoms with Gasteiger partial charge in [-0.3, -0.25) is 4.79 Å². The first-order chi connectivity index (χ1) is 9.25. The van der Waals surface area contributed by atoms with Crippen molar-refractivity contribution in [1.82, 2.24) is 9.78 Å². The van der Waals surface area contributed by atoms with Crippen molar-refractivity contribution in [2.24, 2.45) is 0 Å². The van der Waals surface area contributed by atoms with E-state index in [-0.39, 0.29) is 11.6 Å². The molecule has 2 heterocycles. The van der Waals surface area contributed by atoms with E-state index >= 15 is 0 Å². The number of anilines is 1. The van der Waals surface area contributed by atoms with Crippen LogP contribution in [0.5, 0.6) is 0 Å². The molecule has 0 aromatic carbocycles. The number of nitrogens with zero attached hydrogens (tertiary/aromatic N) is 3. The minimum atomic E-state index is -0.445. The van der Waals surface area contributed by atoms with Gasteiger partial charge in [-0.1, -0.05) is 0 Å². The molecule has 19 heavy (non-hydrogen) atoms. The average molecular weight is 265 g/mol. The van der Waals surface area contributed by atoms with Crippen LogP contribution in [0.25, 0.3) is 0 Å². The molecule has 0 unspecified atom stereocenters. The molecular weight excluding hydrogens is 246 g/mol. The summed E-state index contributed by atoms with van der Waals surface area (Å²) in [5.41, 5.74) is 0.715. The highest BCUT2D eigenvalue weighted by Crippen LogP contribution is 2.28. The zero-order valence-corrected chi connectivity index (χ0v) is 10.9. The van der Waals surface area contributed by atoms with Crippen LogP contribution in [0, 0.1) is 0 Å². The quantitative estimate of drug-likeness (QED) is 0.825. The second-order valence-electron chi connectivity index (χ2n) is 5.16. The van der Waals surface area contributed by atoms with Crippen LogP contribution in [-0.4, -0.2) is 47.3 Å². The van der Waals surface area contributed by atoms with E-state index in [9.17, 15) is 9.90 Å². The first kappa shape index (κ1) is 12.6. The number of ether oxygens (including phenoxy) is 1. The van der Waals surface area contributed by atoms with Crippen molar-refractivity contribution in [3.8, 4) is 0 Å². The zero-order valence-electron chi connectivity index (χ0n) is 10.9. The number of hydrogen-bond acceptors (Lipinski definition) is 5.